The van der Waals surface area contributed by atoms with Crippen LogP contribution < -0.4 is 4.90 Å². The first-order valence-electron chi connectivity index (χ1n) is 4.78. The Morgan fingerprint density at radius 2 is 2.17 bits per heavy atom. The largest absolute Gasteiger partial charge is 0.390 e. The maximum absolute atomic E-state index is 12.1. The fraction of sp³-hybridized carbons (Fsp3) is 0.444. The Hall–Kier alpha value is -1.38. The van der Waals surface area contributed by atoms with Gasteiger partial charge in [-0.05, 0) is 15.9 Å². The Morgan fingerprint density at radius 1 is 1.56 bits per heavy atom. The van der Waals surface area contributed by atoms with Gasteiger partial charge in [-0.15, -0.1) is 0 Å². The van der Waals surface area contributed by atoms with Crippen LogP contribution >= 0.6 is 15.9 Å². The summed E-state index contributed by atoms with van der Waals surface area (Å²) < 4.78 is 36.6. The number of rotatable bonds is 4. The highest BCUT2D eigenvalue weighted by atomic mass is 79.9. The molecule has 1 rings (SSSR count). The molecule has 0 bridgehead atoms. The molecule has 5 nitrogen and oxygen atoms in total. The number of hydrogen-bond donors (Lipinski definition) is 0. The van der Waals surface area contributed by atoms with Gasteiger partial charge in [0.2, 0.25) is 5.82 Å². The van der Waals surface area contributed by atoms with Crippen molar-refractivity contribution in [3.05, 3.63) is 26.9 Å². The highest BCUT2D eigenvalue weighted by molar-refractivity contribution is 9.10. The molecule has 0 spiro atoms. The maximum Gasteiger partial charge on any atom is 0.390 e. The topological polar surface area (TPSA) is 59.3 Å². The molecule has 0 aliphatic carbocycles. The molecule has 18 heavy (non-hydrogen) atoms. The van der Waals surface area contributed by atoms with Gasteiger partial charge in [0, 0.05) is 30.3 Å². The van der Waals surface area contributed by atoms with Crippen molar-refractivity contribution in [2.45, 2.75) is 12.6 Å². The molecule has 0 unspecified atom stereocenters. The van der Waals surface area contributed by atoms with Gasteiger partial charge in [-0.25, -0.2) is 4.98 Å². The van der Waals surface area contributed by atoms with Crippen LogP contribution in [0.4, 0.5) is 24.7 Å². The van der Waals surface area contributed by atoms with E-state index in [0.29, 0.717) is 4.47 Å². The standard InChI is InChI=1S/C9H9BrF3N3O2/c1-15(3-2-9(11,12)13)8-7(16(17)18)4-6(10)5-14-8/h4-5H,2-3H2,1H3. The Bertz CT molecular complexity index is 453. The zero-order valence-corrected chi connectivity index (χ0v) is 10.8. The summed E-state index contributed by atoms with van der Waals surface area (Å²) in [4.78, 5) is 15.0. The third kappa shape index (κ3) is 4.13. The summed E-state index contributed by atoms with van der Waals surface area (Å²) in [7, 11) is 1.33. The zero-order valence-electron chi connectivity index (χ0n) is 9.24. The molecule has 1 aromatic heterocycles. The average molecular weight is 328 g/mol. The van der Waals surface area contributed by atoms with E-state index in [9.17, 15) is 23.3 Å². The predicted octanol–water partition coefficient (Wildman–Crippen LogP) is 3.14. The molecule has 0 amide bonds. The highest BCUT2D eigenvalue weighted by Gasteiger charge is 2.28. The number of nitro groups is 1. The van der Waals surface area contributed by atoms with Gasteiger partial charge in [-0.1, -0.05) is 0 Å². The molecule has 0 N–H and O–H groups in total. The molecular formula is C9H9BrF3N3O2. The summed E-state index contributed by atoms with van der Waals surface area (Å²) >= 11 is 3.02. The van der Waals surface area contributed by atoms with E-state index in [1.54, 1.807) is 0 Å². The van der Waals surface area contributed by atoms with Crippen LogP contribution in [0.5, 0.6) is 0 Å². The van der Waals surface area contributed by atoms with Crippen molar-refractivity contribution in [2.24, 2.45) is 0 Å². The minimum absolute atomic E-state index is 0.0903. The molecule has 0 aliphatic heterocycles. The molecule has 0 aliphatic rings. The van der Waals surface area contributed by atoms with Crippen LogP contribution in [-0.2, 0) is 0 Å². The first-order chi connectivity index (χ1) is 8.20. The van der Waals surface area contributed by atoms with E-state index >= 15 is 0 Å². The van der Waals surface area contributed by atoms with Crippen molar-refractivity contribution < 1.29 is 18.1 Å². The Kier molecular flexibility index (Phi) is 4.49. The summed E-state index contributed by atoms with van der Waals surface area (Å²) in [6, 6.07) is 1.20. The van der Waals surface area contributed by atoms with Crippen molar-refractivity contribution in [1.29, 1.82) is 0 Å². The van der Waals surface area contributed by atoms with Gasteiger partial charge in [0.15, 0.2) is 0 Å². The second kappa shape index (κ2) is 5.51. The van der Waals surface area contributed by atoms with Crippen LogP contribution in [0.15, 0.2) is 16.7 Å². The van der Waals surface area contributed by atoms with E-state index in [0.717, 1.165) is 4.90 Å². The Labute approximate surface area is 109 Å². The third-order valence-electron chi connectivity index (χ3n) is 2.10. The van der Waals surface area contributed by atoms with Crippen LogP contribution in [0.3, 0.4) is 0 Å². The third-order valence-corrected chi connectivity index (χ3v) is 2.54. The lowest BCUT2D eigenvalue weighted by Gasteiger charge is -2.18. The molecular weight excluding hydrogens is 319 g/mol. The number of halogens is 4. The lowest BCUT2D eigenvalue weighted by atomic mass is 10.3. The van der Waals surface area contributed by atoms with E-state index in [4.69, 9.17) is 0 Å². The van der Waals surface area contributed by atoms with Gasteiger partial charge >= 0.3 is 11.9 Å². The number of alkyl halides is 3. The molecule has 0 atom stereocenters. The van der Waals surface area contributed by atoms with Crippen LogP contribution in [0.2, 0.25) is 0 Å². The molecule has 0 saturated heterocycles. The monoisotopic (exact) mass is 327 g/mol. The van der Waals surface area contributed by atoms with E-state index < -0.39 is 17.5 Å². The summed E-state index contributed by atoms with van der Waals surface area (Å²) in [5.41, 5.74) is -0.339. The molecule has 0 fully saturated rings. The maximum atomic E-state index is 12.1. The van der Waals surface area contributed by atoms with Crippen LogP contribution in [0.1, 0.15) is 6.42 Å². The highest BCUT2D eigenvalue weighted by Crippen LogP contribution is 2.29. The molecule has 100 valence electrons. The molecule has 1 heterocycles. The second-order valence-electron chi connectivity index (χ2n) is 3.54. The lowest BCUT2D eigenvalue weighted by molar-refractivity contribution is -0.384. The fourth-order valence-corrected chi connectivity index (χ4v) is 1.57. The molecule has 9 heteroatoms. The van der Waals surface area contributed by atoms with Gasteiger partial charge in [0.05, 0.1) is 11.3 Å². The van der Waals surface area contributed by atoms with Crippen molar-refractivity contribution in [3.63, 3.8) is 0 Å². The van der Waals surface area contributed by atoms with Crippen molar-refractivity contribution in [1.82, 2.24) is 4.98 Å². The zero-order chi connectivity index (χ0) is 13.9. The summed E-state index contributed by atoms with van der Waals surface area (Å²) in [5.74, 6) is -0.0903. The van der Waals surface area contributed by atoms with E-state index in [1.807, 2.05) is 0 Å². The van der Waals surface area contributed by atoms with Gasteiger partial charge in [-0.3, -0.25) is 10.1 Å². The van der Waals surface area contributed by atoms with Gasteiger partial charge in [0.1, 0.15) is 0 Å². The number of hydrogen-bond acceptors (Lipinski definition) is 4. The second-order valence-corrected chi connectivity index (χ2v) is 4.46. The smallest absolute Gasteiger partial charge is 0.354 e. The normalized spacial score (nSPS) is 11.4. The molecule has 0 saturated carbocycles. The first kappa shape index (κ1) is 14.7. The number of nitrogens with zero attached hydrogens (tertiary/aromatic N) is 3. The number of aromatic nitrogens is 1. The minimum Gasteiger partial charge on any atom is -0.354 e. The molecule has 0 radical (unpaired) electrons. The Morgan fingerprint density at radius 3 is 2.67 bits per heavy atom. The first-order valence-corrected chi connectivity index (χ1v) is 5.58. The quantitative estimate of drug-likeness (QED) is 0.629. The summed E-state index contributed by atoms with van der Waals surface area (Å²) in [6.07, 6.45) is -4.07. The number of anilines is 1. The van der Waals surface area contributed by atoms with E-state index in [1.165, 1.54) is 19.3 Å². The summed E-state index contributed by atoms with van der Waals surface area (Å²) in [6.45, 7) is -0.390. The SMILES string of the molecule is CN(CCC(F)(F)F)c1ncc(Br)cc1[N+](=O)[O-]. The van der Waals surface area contributed by atoms with Gasteiger partial charge < -0.3 is 4.90 Å². The van der Waals surface area contributed by atoms with Crippen LogP contribution in [-0.4, -0.2) is 29.7 Å². The minimum atomic E-state index is -4.31. The molecule has 0 aromatic carbocycles. The average Bonchev–Trinajstić information content (AvgIpc) is 2.24. The van der Waals surface area contributed by atoms with Crippen molar-refractivity contribution in [2.75, 3.05) is 18.5 Å². The van der Waals surface area contributed by atoms with Gasteiger partial charge in [-0.2, -0.15) is 13.2 Å². The lowest BCUT2D eigenvalue weighted by Crippen LogP contribution is -2.25. The predicted molar refractivity (Wildman–Crippen MR) is 62.5 cm³/mol. The van der Waals surface area contributed by atoms with Gasteiger partial charge in [0.25, 0.3) is 0 Å². The Balaban J connectivity index is 2.91. The number of pyridine rings is 1. The van der Waals surface area contributed by atoms with E-state index in [-0.39, 0.29) is 18.1 Å². The molecule has 1 aromatic rings. The van der Waals surface area contributed by atoms with Crippen LogP contribution in [0, 0.1) is 10.1 Å². The van der Waals surface area contributed by atoms with Crippen LogP contribution in [0.25, 0.3) is 0 Å². The van der Waals surface area contributed by atoms with E-state index in [2.05, 4.69) is 20.9 Å². The summed E-state index contributed by atoms with van der Waals surface area (Å²) in [5, 5.41) is 10.8. The van der Waals surface area contributed by atoms with Crippen molar-refractivity contribution >= 4 is 27.4 Å². The van der Waals surface area contributed by atoms with Crippen molar-refractivity contribution in [3.8, 4) is 0 Å². The fourth-order valence-electron chi connectivity index (χ4n) is 1.25.